The van der Waals surface area contributed by atoms with E-state index in [0.29, 0.717) is 23.7 Å². The molecule has 9 atom stereocenters. The summed E-state index contributed by atoms with van der Waals surface area (Å²) >= 11 is 0. The van der Waals surface area contributed by atoms with Crippen LogP contribution in [-0.2, 0) is 9.59 Å². The van der Waals surface area contributed by atoms with Gasteiger partial charge in [0.25, 0.3) is 0 Å². The SMILES string of the molecule is COc1ccccc1/C=C1\C[C@]2(C)[C@H]3CC=C4[C@@H]5[C@@H](C)[C@H](C)CC[C@]5(C(=O)O)CC[C@@]4(C)[C@]3(C)CC[C@H]2C(C)(C)C1=O. The van der Waals surface area contributed by atoms with E-state index in [1.54, 1.807) is 7.11 Å². The molecule has 4 heteroatoms. The number of aliphatic carboxylic acids is 1. The zero-order valence-electron chi connectivity index (χ0n) is 27.2. The summed E-state index contributed by atoms with van der Waals surface area (Å²) in [6.07, 6.45) is 12.1. The summed E-state index contributed by atoms with van der Waals surface area (Å²) in [5.74, 6) is 2.29. The third-order valence-corrected chi connectivity index (χ3v) is 14.5. The molecule has 0 aromatic heterocycles. The fraction of sp³-hybridized carbons (Fsp3) is 0.684. The molecule has 6 rings (SSSR count). The van der Waals surface area contributed by atoms with E-state index in [4.69, 9.17) is 4.74 Å². The Morgan fingerprint density at radius 2 is 1.69 bits per heavy atom. The highest BCUT2D eigenvalue weighted by Crippen LogP contribution is 2.75. The lowest BCUT2D eigenvalue weighted by Gasteiger charge is -2.70. The zero-order valence-corrected chi connectivity index (χ0v) is 27.2. The predicted molar refractivity (Wildman–Crippen MR) is 168 cm³/mol. The van der Waals surface area contributed by atoms with E-state index in [0.717, 1.165) is 68.3 Å². The van der Waals surface area contributed by atoms with Gasteiger partial charge in [0.15, 0.2) is 5.78 Å². The Morgan fingerprint density at radius 1 is 0.976 bits per heavy atom. The molecule has 4 nitrogen and oxygen atoms in total. The maximum atomic E-state index is 14.1. The van der Waals surface area contributed by atoms with Crippen LogP contribution in [0.15, 0.2) is 41.5 Å². The molecule has 0 bridgehead atoms. The number of allylic oxidation sites excluding steroid dienone is 3. The number of rotatable bonds is 3. The van der Waals surface area contributed by atoms with Gasteiger partial charge in [-0.1, -0.05) is 78.3 Å². The number of ketones is 1. The predicted octanol–water partition coefficient (Wildman–Crippen LogP) is 9.00. The quantitative estimate of drug-likeness (QED) is 0.290. The maximum absolute atomic E-state index is 14.1. The number of methoxy groups -OCH3 is 1. The fourth-order valence-corrected chi connectivity index (χ4v) is 11.8. The van der Waals surface area contributed by atoms with E-state index in [2.05, 4.69) is 60.6 Å². The van der Waals surface area contributed by atoms with Crippen LogP contribution in [0.1, 0.15) is 105 Å². The average molecular weight is 573 g/mol. The first kappa shape index (κ1) is 29.7. The van der Waals surface area contributed by atoms with Crippen molar-refractivity contribution in [1.29, 1.82) is 0 Å². The second-order valence-corrected chi connectivity index (χ2v) is 16.2. The van der Waals surface area contributed by atoms with Crippen LogP contribution in [0.5, 0.6) is 5.75 Å². The Morgan fingerprint density at radius 3 is 2.38 bits per heavy atom. The normalized spacial score (nSPS) is 45.1. The van der Waals surface area contributed by atoms with E-state index >= 15 is 0 Å². The minimum atomic E-state index is -0.620. The summed E-state index contributed by atoms with van der Waals surface area (Å²) < 4.78 is 5.66. The van der Waals surface area contributed by atoms with Crippen LogP contribution in [0, 0.1) is 56.7 Å². The van der Waals surface area contributed by atoms with Gasteiger partial charge in [0.2, 0.25) is 0 Å². The highest BCUT2D eigenvalue weighted by atomic mass is 16.5. The molecule has 42 heavy (non-hydrogen) atoms. The minimum Gasteiger partial charge on any atom is -0.496 e. The third-order valence-electron chi connectivity index (χ3n) is 14.5. The van der Waals surface area contributed by atoms with E-state index in [1.165, 1.54) is 5.57 Å². The van der Waals surface area contributed by atoms with Crippen molar-refractivity contribution in [2.75, 3.05) is 7.11 Å². The van der Waals surface area contributed by atoms with E-state index in [1.807, 2.05) is 24.3 Å². The molecule has 5 aliphatic carbocycles. The van der Waals surface area contributed by atoms with Gasteiger partial charge in [0.05, 0.1) is 12.5 Å². The van der Waals surface area contributed by atoms with E-state index in [9.17, 15) is 14.7 Å². The Hall–Kier alpha value is -2.36. The monoisotopic (exact) mass is 572 g/mol. The number of Topliss-reactive ketones (excluding diaryl/α,β-unsaturated/α-hetero) is 1. The molecule has 1 aromatic carbocycles. The van der Waals surface area contributed by atoms with Crippen LogP contribution >= 0.6 is 0 Å². The number of ether oxygens (including phenoxy) is 1. The highest BCUT2D eigenvalue weighted by Gasteiger charge is 2.70. The van der Waals surface area contributed by atoms with Crippen molar-refractivity contribution in [1.82, 2.24) is 0 Å². The largest absolute Gasteiger partial charge is 0.496 e. The summed E-state index contributed by atoms with van der Waals surface area (Å²) in [5, 5.41) is 10.7. The first-order valence-electron chi connectivity index (χ1n) is 16.5. The molecule has 0 aliphatic heterocycles. The number of carbonyl (C=O) groups is 2. The van der Waals surface area contributed by atoms with Crippen molar-refractivity contribution in [3.8, 4) is 5.75 Å². The standard InChI is InChI=1S/C38H52O4/c1-23-15-18-38(33(40)41)20-19-36(6)27(31(38)24(23)2)13-14-30-35(5)22-26(21-25-11-9-10-12-28(25)42-8)32(39)34(3,4)29(35)16-17-37(30,36)7/h9-13,21,23-24,29-31H,14-20,22H2,1-8H3,(H,40,41)/b26-21+/t23-,24+,29+,30-,31+,35+,36-,37-,38+/m1/s1. The van der Waals surface area contributed by atoms with Crippen molar-refractivity contribution in [2.24, 2.45) is 56.7 Å². The van der Waals surface area contributed by atoms with E-state index in [-0.39, 0.29) is 27.9 Å². The van der Waals surface area contributed by atoms with Gasteiger partial charge in [-0.15, -0.1) is 0 Å². The van der Waals surface area contributed by atoms with Crippen LogP contribution in [0.3, 0.4) is 0 Å². The van der Waals surface area contributed by atoms with E-state index < -0.39 is 16.8 Å². The Balaban J connectivity index is 1.46. The van der Waals surface area contributed by atoms with Gasteiger partial charge in [0.1, 0.15) is 5.75 Å². The molecule has 0 heterocycles. The number of benzene rings is 1. The molecule has 1 aromatic rings. The number of fused-ring (bicyclic) bond motifs is 7. The summed E-state index contributed by atoms with van der Waals surface area (Å²) in [7, 11) is 1.69. The van der Waals surface area contributed by atoms with Crippen molar-refractivity contribution >= 4 is 17.8 Å². The second-order valence-electron chi connectivity index (χ2n) is 16.2. The van der Waals surface area contributed by atoms with Gasteiger partial charge in [0, 0.05) is 11.0 Å². The Labute approximate surface area is 253 Å². The van der Waals surface area contributed by atoms with Crippen LogP contribution in [0.25, 0.3) is 6.08 Å². The third kappa shape index (κ3) is 3.71. The summed E-state index contributed by atoms with van der Waals surface area (Å²) in [5.41, 5.74) is 2.29. The fourth-order valence-electron chi connectivity index (χ4n) is 11.8. The Bertz CT molecular complexity index is 1370. The van der Waals surface area contributed by atoms with Crippen LogP contribution < -0.4 is 4.74 Å². The first-order valence-corrected chi connectivity index (χ1v) is 16.5. The number of para-hydroxylation sites is 1. The van der Waals surface area contributed by atoms with Gasteiger partial charge in [-0.3, -0.25) is 9.59 Å². The molecule has 5 aliphatic rings. The number of hydrogen-bond donors (Lipinski definition) is 1. The molecule has 228 valence electrons. The molecule has 4 saturated carbocycles. The van der Waals surface area contributed by atoms with Crippen LogP contribution in [-0.4, -0.2) is 24.0 Å². The number of carboxylic acid groups (broad SMARTS) is 1. The molecular formula is C38H52O4. The lowest BCUT2D eigenvalue weighted by Crippen LogP contribution is -2.65. The topological polar surface area (TPSA) is 63.6 Å². The first-order chi connectivity index (χ1) is 19.7. The van der Waals surface area contributed by atoms with Gasteiger partial charge in [-0.2, -0.15) is 0 Å². The number of carboxylic acids is 1. The minimum absolute atomic E-state index is 0.0308. The second kappa shape index (κ2) is 9.57. The lowest BCUT2D eigenvalue weighted by atomic mass is 9.33. The molecule has 0 amide bonds. The molecule has 0 unspecified atom stereocenters. The summed E-state index contributed by atoms with van der Waals surface area (Å²) in [6, 6.07) is 8.00. The van der Waals surface area contributed by atoms with Gasteiger partial charge >= 0.3 is 5.97 Å². The zero-order chi connectivity index (χ0) is 30.5. The van der Waals surface area contributed by atoms with Gasteiger partial charge in [-0.25, -0.2) is 0 Å². The molecule has 1 N–H and O–H groups in total. The van der Waals surface area contributed by atoms with Gasteiger partial charge in [-0.05, 0) is 115 Å². The highest BCUT2D eigenvalue weighted by molar-refractivity contribution is 6.04. The Kier molecular flexibility index (Phi) is 6.77. The van der Waals surface area contributed by atoms with Crippen LogP contribution in [0.2, 0.25) is 0 Å². The van der Waals surface area contributed by atoms with Crippen molar-refractivity contribution in [3.05, 3.63) is 47.1 Å². The smallest absolute Gasteiger partial charge is 0.310 e. The molecule has 0 saturated heterocycles. The molecular weight excluding hydrogens is 520 g/mol. The number of hydrogen-bond acceptors (Lipinski definition) is 3. The van der Waals surface area contributed by atoms with Crippen molar-refractivity contribution < 1.29 is 19.4 Å². The summed E-state index contributed by atoms with van der Waals surface area (Å²) in [6.45, 7) is 16.6. The maximum Gasteiger partial charge on any atom is 0.310 e. The average Bonchev–Trinajstić information content (AvgIpc) is 2.94. The van der Waals surface area contributed by atoms with Crippen molar-refractivity contribution in [2.45, 2.75) is 99.8 Å². The summed E-state index contributed by atoms with van der Waals surface area (Å²) in [4.78, 5) is 27.1. The van der Waals surface area contributed by atoms with Crippen molar-refractivity contribution in [3.63, 3.8) is 0 Å². The molecule has 0 radical (unpaired) electrons. The number of carbonyl (C=O) groups excluding carboxylic acids is 1. The molecule has 4 fully saturated rings. The van der Waals surface area contributed by atoms with Gasteiger partial charge < -0.3 is 9.84 Å². The van der Waals surface area contributed by atoms with Crippen LogP contribution in [0.4, 0.5) is 0 Å². The lowest BCUT2D eigenvalue weighted by molar-refractivity contribution is -0.185. The molecule has 0 spiro atoms.